The number of rotatable bonds is 5. The van der Waals surface area contributed by atoms with Gasteiger partial charge in [-0.2, -0.15) is 0 Å². The van der Waals surface area contributed by atoms with Crippen LogP contribution in [-0.2, 0) is 4.74 Å². The molecule has 2 amide bonds. The highest BCUT2D eigenvalue weighted by Crippen LogP contribution is 2.25. The van der Waals surface area contributed by atoms with E-state index in [0.717, 1.165) is 12.0 Å². The summed E-state index contributed by atoms with van der Waals surface area (Å²) in [6, 6.07) is 7.32. The minimum Gasteiger partial charge on any atom is -0.393 e. The van der Waals surface area contributed by atoms with Crippen LogP contribution < -0.4 is 5.32 Å². The van der Waals surface area contributed by atoms with E-state index in [-0.39, 0.29) is 24.2 Å². The van der Waals surface area contributed by atoms with Crippen molar-refractivity contribution >= 4 is 17.6 Å². The van der Waals surface area contributed by atoms with Gasteiger partial charge in [-0.3, -0.25) is 0 Å². The molecule has 5 nitrogen and oxygen atoms in total. The number of urea groups is 1. The SMILES string of the molecule is CO[C@H](CNC(=O)N1CC[C@H]([C@H](C)O)C1)c1ccccc1Cl. The van der Waals surface area contributed by atoms with Gasteiger partial charge < -0.3 is 20.1 Å². The van der Waals surface area contributed by atoms with Crippen molar-refractivity contribution in [1.82, 2.24) is 10.2 Å². The van der Waals surface area contributed by atoms with Gasteiger partial charge in [0.25, 0.3) is 0 Å². The first-order chi connectivity index (χ1) is 10.5. The second-order valence-electron chi connectivity index (χ2n) is 5.67. The summed E-state index contributed by atoms with van der Waals surface area (Å²) in [4.78, 5) is 13.9. The lowest BCUT2D eigenvalue weighted by atomic mass is 10.0. The second-order valence-corrected chi connectivity index (χ2v) is 6.07. The Morgan fingerprint density at radius 1 is 1.55 bits per heavy atom. The number of aliphatic hydroxyl groups excluding tert-OH is 1. The molecule has 3 atom stereocenters. The maximum Gasteiger partial charge on any atom is 0.317 e. The number of nitrogens with zero attached hydrogens (tertiary/aromatic N) is 1. The van der Waals surface area contributed by atoms with Crippen LogP contribution >= 0.6 is 11.6 Å². The van der Waals surface area contributed by atoms with E-state index in [9.17, 15) is 9.90 Å². The molecule has 2 N–H and O–H groups in total. The molecule has 0 saturated carbocycles. The molecule has 1 aromatic carbocycles. The van der Waals surface area contributed by atoms with Gasteiger partial charge in [-0.25, -0.2) is 4.79 Å². The Kier molecular flexibility index (Phi) is 6.06. The van der Waals surface area contributed by atoms with E-state index in [1.807, 2.05) is 18.2 Å². The summed E-state index contributed by atoms with van der Waals surface area (Å²) in [6.45, 7) is 3.39. The van der Waals surface area contributed by atoms with Gasteiger partial charge in [0.05, 0.1) is 6.10 Å². The number of benzene rings is 1. The minimum atomic E-state index is -0.382. The summed E-state index contributed by atoms with van der Waals surface area (Å²) in [7, 11) is 1.60. The molecule has 0 bridgehead atoms. The Morgan fingerprint density at radius 3 is 2.86 bits per heavy atom. The van der Waals surface area contributed by atoms with E-state index in [1.165, 1.54) is 0 Å². The van der Waals surface area contributed by atoms with E-state index in [2.05, 4.69) is 5.32 Å². The first-order valence-electron chi connectivity index (χ1n) is 7.51. The Balaban J connectivity index is 1.89. The van der Waals surface area contributed by atoms with Crippen LogP contribution in [0.25, 0.3) is 0 Å². The van der Waals surface area contributed by atoms with Crippen molar-refractivity contribution in [3.05, 3.63) is 34.9 Å². The van der Waals surface area contributed by atoms with Crippen LogP contribution in [0.1, 0.15) is 25.0 Å². The molecule has 0 unspecified atom stereocenters. The second kappa shape index (κ2) is 7.81. The van der Waals surface area contributed by atoms with Gasteiger partial charge in [0.1, 0.15) is 6.10 Å². The molecule has 1 fully saturated rings. The van der Waals surface area contributed by atoms with Crippen LogP contribution in [-0.4, -0.2) is 48.9 Å². The van der Waals surface area contributed by atoms with Crippen molar-refractivity contribution < 1.29 is 14.6 Å². The lowest BCUT2D eigenvalue weighted by Gasteiger charge is -2.22. The maximum atomic E-state index is 12.2. The van der Waals surface area contributed by atoms with Crippen LogP contribution in [0.4, 0.5) is 4.79 Å². The number of carbonyl (C=O) groups excluding carboxylic acids is 1. The normalized spacial score (nSPS) is 20.7. The largest absolute Gasteiger partial charge is 0.393 e. The van der Waals surface area contributed by atoms with Crippen LogP contribution in [0, 0.1) is 5.92 Å². The first-order valence-corrected chi connectivity index (χ1v) is 7.88. The van der Waals surface area contributed by atoms with Crippen molar-refractivity contribution in [2.45, 2.75) is 25.6 Å². The van der Waals surface area contributed by atoms with Gasteiger partial charge in [-0.05, 0) is 19.4 Å². The fourth-order valence-corrected chi connectivity index (χ4v) is 2.97. The predicted octanol–water partition coefficient (Wildman–Crippen LogP) is 2.44. The molecule has 1 saturated heterocycles. The molecule has 1 heterocycles. The predicted molar refractivity (Wildman–Crippen MR) is 86.0 cm³/mol. The summed E-state index contributed by atoms with van der Waals surface area (Å²) in [5, 5.41) is 13.1. The molecule has 1 aliphatic rings. The zero-order chi connectivity index (χ0) is 16.1. The molecule has 1 aromatic rings. The summed E-state index contributed by atoms with van der Waals surface area (Å²) in [5.41, 5.74) is 0.857. The number of aliphatic hydroxyl groups is 1. The third-order valence-corrected chi connectivity index (χ3v) is 4.51. The highest BCUT2D eigenvalue weighted by Gasteiger charge is 2.29. The van der Waals surface area contributed by atoms with Gasteiger partial charge in [0.15, 0.2) is 0 Å². The van der Waals surface area contributed by atoms with E-state index >= 15 is 0 Å². The number of halogens is 1. The van der Waals surface area contributed by atoms with Gasteiger partial charge in [0, 0.05) is 43.2 Å². The van der Waals surface area contributed by atoms with Crippen molar-refractivity contribution in [3.8, 4) is 0 Å². The standard InChI is InChI=1S/C16H23ClN2O3/c1-11(20)12-7-8-19(10-12)16(21)18-9-15(22-2)13-5-3-4-6-14(13)17/h3-6,11-12,15,20H,7-10H2,1-2H3,(H,18,21)/t11-,12-,15+/m0/s1. The summed E-state index contributed by atoms with van der Waals surface area (Å²) in [6.07, 6.45) is 0.170. The quantitative estimate of drug-likeness (QED) is 0.873. The lowest BCUT2D eigenvalue weighted by Crippen LogP contribution is -2.41. The van der Waals surface area contributed by atoms with Crippen LogP contribution in [0.2, 0.25) is 5.02 Å². The molecule has 0 aromatic heterocycles. The molecule has 0 radical (unpaired) electrons. The van der Waals surface area contributed by atoms with E-state index in [0.29, 0.717) is 24.7 Å². The molecule has 1 aliphatic heterocycles. The fraction of sp³-hybridized carbons (Fsp3) is 0.562. The number of hydrogen-bond acceptors (Lipinski definition) is 3. The van der Waals surface area contributed by atoms with Crippen molar-refractivity contribution in [2.24, 2.45) is 5.92 Å². The van der Waals surface area contributed by atoms with Crippen LogP contribution in [0.3, 0.4) is 0 Å². The molecular weight excluding hydrogens is 304 g/mol. The van der Waals surface area contributed by atoms with E-state index in [4.69, 9.17) is 16.3 Å². The Bertz CT molecular complexity index is 510. The Morgan fingerprint density at radius 2 is 2.27 bits per heavy atom. The Hall–Kier alpha value is -1.30. The van der Waals surface area contributed by atoms with Crippen LogP contribution in [0.15, 0.2) is 24.3 Å². The molecule has 6 heteroatoms. The molecular formula is C16H23ClN2O3. The lowest BCUT2D eigenvalue weighted by molar-refractivity contribution is 0.101. The van der Waals surface area contributed by atoms with E-state index in [1.54, 1.807) is 25.0 Å². The summed E-state index contributed by atoms with van der Waals surface area (Å²) < 4.78 is 5.43. The number of likely N-dealkylation sites (tertiary alicyclic amines) is 1. The number of carbonyl (C=O) groups is 1. The van der Waals surface area contributed by atoms with Crippen molar-refractivity contribution in [1.29, 1.82) is 0 Å². The smallest absolute Gasteiger partial charge is 0.317 e. The van der Waals surface area contributed by atoms with Gasteiger partial charge in [-0.1, -0.05) is 29.8 Å². The zero-order valence-corrected chi connectivity index (χ0v) is 13.7. The third kappa shape index (κ3) is 4.12. The van der Waals surface area contributed by atoms with Crippen LogP contribution in [0.5, 0.6) is 0 Å². The fourth-order valence-electron chi connectivity index (χ4n) is 2.71. The number of nitrogens with one attached hydrogen (secondary N) is 1. The Labute approximate surface area is 136 Å². The monoisotopic (exact) mass is 326 g/mol. The zero-order valence-electron chi connectivity index (χ0n) is 13.0. The number of hydrogen-bond donors (Lipinski definition) is 2. The van der Waals surface area contributed by atoms with Gasteiger partial charge in [-0.15, -0.1) is 0 Å². The molecule has 22 heavy (non-hydrogen) atoms. The number of methoxy groups -OCH3 is 1. The maximum absolute atomic E-state index is 12.2. The van der Waals surface area contributed by atoms with E-state index < -0.39 is 0 Å². The highest BCUT2D eigenvalue weighted by molar-refractivity contribution is 6.31. The van der Waals surface area contributed by atoms with Gasteiger partial charge in [0.2, 0.25) is 0 Å². The summed E-state index contributed by atoms with van der Waals surface area (Å²) in [5.74, 6) is 0.160. The summed E-state index contributed by atoms with van der Waals surface area (Å²) >= 11 is 6.16. The first kappa shape index (κ1) is 17.1. The topological polar surface area (TPSA) is 61.8 Å². The minimum absolute atomic E-state index is 0.128. The average Bonchev–Trinajstić information content (AvgIpc) is 2.99. The molecule has 122 valence electrons. The third-order valence-electron chi connectivity index (χ3n) is 4.17. The molecule has 0 spiro atoms. The highest BCUT2D eigenvalue weighted by atomic mass is 35.5. The number of ether oxygens (including phenoxy) is 1. The molecule has 2 rings (SSSR count). The average molecular weight is 327 g/mol. The van der Waals surface area contributed by atoms with Crippen molar-refractivity contribution in [2.75, 3.05) is 26.7 Å². The van der Waals surface area contributed by atoms with Gasteiger partial charge >= 0.3 is 6.03 Å². The number of amides is 2. The van der Waals surface area contributed by atoms with Crippen molar-refractivity contribution in [3.63, 3.8) is 0 Å². The molecule has 0 aliphatic carbocycles.